The molecule has 1 aromatic heterocycles. The van der Waals surface area contributed by atoms with Crippen molar-refractivity contribution in [3.8, 4) is 0 Å². The molecule has 0 bridgehead atoms. The number of benzene rings is 1. The summed E-state index contributed by atoms with van der Waals surface area (Å²) in [4.78, 5) is 15.6. The second-order valence-corrected chi connectivity index (χ2v) is 4.95. The Balaban J connectivity index is 2.26. The molecular formula is C14H15ClN4O. The van der Waals surface area contributed by atoms with Crippen LogP contribution in [0.1, 0.15) is 18.1 Å². The predicted octanol–water partition coefficient (Wildman–Crippen LogP) is 1.99. The zero-order chi connectivity index (χ0) is 14.7. The van der Waals surface area contributed by atoms with Crippen LogP contribution in [-0.2, 0) is 4.79 Å². The highest BCUT2D eigenvalue weighted by Crippen LogP contribution is 2.20. The highest BCUT2D eigenvalue weighted by Gasteiger charge is 2.06. The van der Waals surface area contributed by atoms with Gasteiger partial charge in [-0.05, 0) is 31.5 Å². The number of nitrogens with zero attached hydrogens (tertiary/aromatic N) is 2. The SMILES string of the molecule is Cc1ccc2cc(C=NNC(=O)[C@@H](C)N)c(Cl)nc2c1. The van der Waals surface area contributed by atoms with E-state index in [2.05, 4.69) is 15.5 Å². The predicted molar refractivity (Wildman–Crippen MR) is 80.9 cm³/mol. The maximum atomic E-state index is 11.3. The van der Waals surface area contributed by atoms with Crippen molar-refractivity contribution in [3.05, 3.63) is 40.5 Å². The van der Waals surface area contributed by atoms with E-state index in [9.17, 15) is 4.79 Å². The van der Waals surface area contributed by atoms with Gasteiger partial charge in [-0.15, -0.1) is 0 Å². The molecule has 3 N–H and O–H groups in total. The third-order valence-corrected chi connectivity index (χ3v) is 3.05. The van der Waals surface area contributed by atoms with Crippen LogP contribution in [0, 0.1) is 6.92 Å². The number of hydrogen-bond donors (Lipinski definition) is 2. The molecule has 104 valence electrons. The minimum absolute atomic E-state index is 0.335. The van der Waals surface area contributed by atoms with Crippen LogP contribution in [0.15, 0.2) is 29.4 Å². The molecule has 0 saturated carbocycles. The van der Waals surface area contributed by atoms with Crippen LogP contribution in [0.3, 0.4) is 0 Å². The number of aryl methyl sites for hydroxylation is 1. The van der Waals surface area contributed by atoms with E-state index >= 15 is 0 Å². The number of pyridine rings is 1. The Morgan fingerprint density at radius 2 is 2.25 bits per heavy atom. The van der Waals surface area contributed by atoms with Crippen LogP contribution >= 0.6 is 11.6 Å². The molecule has 0 unspecified atom stereocenters. The first kappa shape index (κ1) is 14.4. The summed E-state index contributed by atoms with van der Waals surface area (Å²) in [5.41, 5.74) is 10.3. The van der Waals surface area contributed by atoms with Gasteiger partial charge < -0.3 is 5.73 Å². The van der Waals surface area contributed by atoms with E-state index in [-0.39, 0.29) is 5.91 Å². The lowest BCUT2D eigenvalue weighted by molar-refractivity contribution is -0.121. The van der Waals surface area contributed by atoms with Gasteiger partial charge in [-0.25, -0.2) is 10.4 Å². The third-order valence-electron chi connectivity index (χ3n) is 2.75. The fourth-order valence-corrected chi connectivity index (χ4v) is 1.82. The van der Waals surface area contributed by atoms with Crippen molar-refractivity contribution in [1.29, 1.82) is 0 Å². The number of aromatic nitrogens is 1. The van der Waals surface area contributed by atoms with Gasteiger partial charge in [-0.2, -0.15) is 5.10 Å². The van der Waals surface area contributed by atoms with Crippen molar-refractivity contribution in [2.24, 2.45) is 10.8 Å². The molecule has 0 aliphatic carbocycles. The first-order valence-corrected chi connectivity index (χ1v) is 6.50. The normalized spacial score (nSPS) is 12.8. The summed E-state index contributed by atoms with van der Waals surface area (Å²) in [6.07, 6.45) is 1.45. The largest absolute Gasteiger partial charge is 0.320 e. The molecule has 0 aliphatic rings. The number of halogens is 1. The van der Waals surface area contributed by atoms with Crippen molar-refractivity contribution in [2.75, 3.05) is 0 Å². The molecule has 0 fully saturated rings. The Labute approximate surface area is 121 Å². The minimum Gasteiger partial charge on any atom is -0.320 e. The molecule has 0 spiro atoms. The first-order valence-electron chi connectivity index (χ1n) is 6.13. The summed E-state index contributed by atoms with van der Waals surface area (Å²) in [7, 11) is 0. The van der Waals surface area contributed by atoms with Gasteiger partial charge in [0.15, 0.2) is 0 Å². The van der Waals surface area contributed by atoms with Crippen molar-refractivity contribution in [1.82, 2.24) is 10.4 Å². The van der Waals surface area contributed by atoms with Crippen LogP contribution in [-0.4, -0.2) is 23.1 Å². The van der Waals surface area contributed by atoms with E-state index in [1.54, 1.807) is 6.92 Å². The molecule has 1 atom stereocenters. The zero-order valence-electron chi connectivity index (χ0n) is 11.2. The molecule has 5 nitrogen and oxygen atoms in total. The monoisotopic (exact) mass is 290 g/mol. The Morgan fingerprint density at radius 3 is 2.95 bits per heavy atom. The lowest BCUT2D eigenvalue weighted by atomic mass is 10.1. The van der Waals surface area contributed by atoms with E-state index in [0.29, 0.717) is 10.7 Å². The van der Waals surface area contributed by atoms with E-state index in [4.69, 9.17) is 17.3 Å². The maximum absolute atomic E-state index is 11.3. The molecule has 2 aromatic rings. The molecule has 0 radical (unpaired) electrons. The van der Waals surface area contributed by atoms with Crippen molar-refractivity contribution in [3.63, 3.8) is 0 Å². The molecule has 6 heteroatoms. The van der Waals surface area contributed by atoms with E-state index < -0.39 is 6.04 Å². The maximum Gasteiger partial charge on any atom is 0.256 e. The van der Waals surface area contributed by atoms with Gasteiger partial charge in [0, 0.05) is 10.9 Å². The summed E-state index contributed by atoms with van der Waals surface area (Å²) < 4.78 is 0. The average Bonchev–Trinajstić information content (AvgIpc) is 2.39. The highest BCUT2D eigenvalue weighted by molar-refractivity contribution is 6.32. The molecule has 2 rings (SSSR count). The molecule has 1 heterocycles. The zero-order valence-corrected chi connectivity index (χ0v) is 12.0. The quantitative estimate of drug-likeness (QED) is 0.515. The summed E-state index contributed by atoms with van der Waals surface area (Å²) in [6.45, 7) is 3.58. The first-order chi connectivity index (χ1) is 9.47. The summed E-state index contributed by atoms with van der Waals surface area (Å²) in [5.74, 6) is -0.359. The van der Waals surface area contributed by atoms with Crippen molar-refractivity contribution in [2.45, 2.75) is 19.9 Å². The number of carbonyl (C=O) groups excluding carboxylic acids is 1. The van der Waals surface area contributed by atoms with E-state index in [0.717, 1.165) is 16.5 Å². The van der Waals surface area contributed by atoms with Gasteiger partial charge in [-0.3, -0.25) is 4.79 Å². The van der Waals surface area contributed by atoms with Gasteiger partial charge in [-0.1, -0.05) is 23.7 Å². The van der Waals surface area contributed by atoms with Crippen molar-refractivity contribution < 1.29 is 4.79 Å². The van der Waals surface area contributed by atoms with E-state index in [1.807, 2.05) is 31.2 Å². The Hall–Kier alpha value is -1.98. The summed E-state index contributed by atoms with van der Waals surface area (Å²) in [5, 5.41) is 5.11. The summed E-state index contributed by atoms with van der Waals surface area (Å²) in [6, 6.07) is 7.18. The fourth-order valence-electron chi connectivity index (χ4n) is 1.63. The molecule has 1 amide bonds. The molecule has 20 heavy (non-hydrogen) atoms. The number of amides is 1. The number of carbonyl (C=O) groups is 1. The number of hydrazone groups is 1. The highest BCUT2D eigenvalue weighted by atomic mass is 35.5. The van der Waals surface area contributed by atoms with Crippen LogP contribution in [0.4, 0.5) is 0 Å². The van der Waals surface area contributed by atoms with Crippen LogP contribution in [0.2, 0.25) is 5.15 Å². The van der Waals surface area contributed by atoms with Gasteiger partial charge in [0.2, 0.25) is 0 Å². The van der Waals surface area contributed by atoms with Gasteiger partial charge >= 0.3 is 0 Å². The second-order valence-electron chi connectivity index (χ2n) is 4.59. The molecule has 0 aliphatic heterocycles. The average molecular weight is 291 g/mol. The lowest BCUT2D eigenvalue weighted by Gasteiger charge is -2.04. The van der Waals surface area contributed by atoms with Crippen LogP contribution in [0.25, 0.3) is 10.9 Å². The van der Waals surface area contributed by atoms with Crippen LogP contribution < -0.4 is 11.2 Å². The van der Waals surface area contributed by atoms with E-state index in [1.165, 1.54) is 6.21 Å². The number of nitrogens with two attached hydrogens (primary N) is 1. The number of rotatable bonds is 3. The number of fused-ring (bicyclic) bond motifs is 1. The fraction of sp³-hybridized carbons (Fsp3) is 0.214. The minimum atomic E-state index is -0.611. The van der Waals surface area contributed by atoms with Crippen LogP contribution in [0.5, 0.6) is 0 Å². The Bertz CT molecular complexity index is 682. The third kappa shape index (κ3) is 3.31. The number of nitrogens with one attached hydrogen (secondary N) is 1. The summed E-state index contributed by atoms with van der Waals surface area (Å²) >= 11 is 6.09. The molecular weight excluding hydrogens is 276 g/mol. The molecule has 1 aromatic carbocycles. The van der Waals surface area contributed by atoms with Gasteiger partial charge in [0.1, 0.15) is 5.15 Å². The van der Waals surface area contributed by atoms with Gasteiger partial charge in [0.05, 0.1) is 17.8 Å². The second kappa shape index (κ2) is 5.98. The smallest absolute Gasteiger partial charge is 0.256 e. The Morgan fingerprint density at radius 1 is 1.50 bits per heavy atom. The molecule has 0 saturated heterocycles. The topological polar surface area (TPSA) is 80.4 Å². The Kier molecular flexibility index (Phi) is 4.32. The van der Waals surface area contributed by atoms with Crippen molar-refractivity contribution >= 4 is 34.6 Å². The van der Waals surface area contributed by atoms with Gasteiger partial charge in [0.25, 0.3) is 5.91 Å². The standard InChI is InChI=1S/C14H15ClN4O/c1-8-3-4-10-6-11(13(15)18-12(10)5-8)7-17-19-14(20)9(2)16/h3-7,9H,16H2,1-2H3,(H,19,20)/t9-/m1/s1. The lowest BCUT2D eigenvalue weighted by Crippen LogP contribution is -2.35. The number of hydrogen-bond acceptors (Lipinski definition) is 4.